The van der Waals surface area contributed by atoms with Crippen molar-refractivity contribution in [3.8, 4) is 5.75 Å². The van der Waals surface area contributed by atoms with Crippen LogP contribution in [0, 0.1) is 0 Å². The summed E-state index contributed by atoms with van der Waals surface area (Å²) in [5.41, 5.74) is 1.17. The molecule has 0 radical (unpaired) electrons. The predicted molar refractivity (Wildman–Crippen MR) is 81.1 cm³/mol. The molecule has 0 aliphatic carbocycles. The van der Waals surface area contributed by atoms with E-state index in [1.54, 1.807) is 17.1 Å². The van der Waals surface area contributed by atoms with Crippen LogP contribution >= 0.6 is 11.6 Å². The van der Waals surface area contributed by atoms with Gasteiger partial charge in [-0.05, 0) is 6.07 Å². The Morgan fingerprint density at radius 3 is 2.85 bits per heavy atom. The molecule has 0 amide bonds. The minimum atomic E-state index is 0.453. The van der Waals surface area contributed by atoms with Crippen LogP contribution in [0.4, 0.5) is 0 Å². The van der Waals surface area contributed by atoms with E-state index >= 15 is 0 Å². The van der Waals surface area contributed by atoms with Gasteiger partial charge >= 0.3 is 0 Å². The van der Waals surface area contributed by atoms with Crippen molar-refractivity contribution in [1.29, 1.82) is 0 Å². The molecule has 1 N–H and O–H groups in total. The van der Waals surface area contributed by atoms with Crippen molar-refractivity contribution in [3.63, 3.8) is 0 Å². The molecular weight excluding hydrogens is 274 g/mol. The molecule has 0 saturated carbocycles. The Bertz CT molecular complexity index is 539. The van der Waals surface area contributed by atoms with Crippen LogP contribution in [0.1, 0.15) is 19.4 Å². The van der Waals surface area contributed by atoms with Gasteiger partial charge in [0, 0.05) is 24.3 Å². The van der Waals surface area contributed by atoms with Gasteiger partial charge in [-0.2, -0.15) is 5.10 Å². The fourth-order valence-corrected chi connectivity index (χ4v) is 1.97. The number of nitrogens with one attached hydrogen (secondary N) is 1. The van der Waals surface area contributed by atoms with Crippen molar-refractivity contribution in [1.82, 2.24) is 15.1 Å². The molecule has 4 nitrogen and oxygen atoms in total. The van der Waals surface area contributed by atoms with Gasteiger partial charge in [-0.3, -0.25) is 4.68 Å². The van der Waals surface area contributed by atoms with Gasteiger partial charge in [0.2, 0.25) is 0 Å². The van der Waals surface area contributed by atoms with Crippen molar-refractivity contribution >= 4 is 11.6 Å². The van der Waals surface area contributed by atoms with Gasteiger partial charge in [0.25, 0.3) is 0 Å². The Hall–Kier alpha value is -1.52. The van der Waals surface area contributed by atoms with Gasteiger partial charge < -0.3 is 10.1 Å². The van der Waals surface area contributed by atoms with E-state index in [1.165, 1.54) is 5.56 Å². The molecule has 0 saturated heterocycles. The number of benzene rings is 1. The topological polar surface area (TPSA) is 39.1 Å². The van der Waals surface area contributed by atoms with Crippen molar-refractivity contribution in [2.75, 3.05) is 6.61 Å². The standard InChI is InChI=1S/C15H20ClN3O/c1-12(2)17-9-13-5-3-4-6-15(13)20-8-7-19-11-14(16)10-18-19/h3-6,10-12,17H,7-9H2,1-2H3. The summed E-state index contributed by atoms with van der Waals surface area (Å²) in [5.74, 6) is 0.916. The zero-order chi connectivity index (χ0) is 14.4. The summed E-state index contributed by atoms with van der Waals surface area (Å²) in [6.45, 7) is 6.31. The van der Waals surface area contributed by atoms with Crippen molar-refractivity contribution < 1.29 is 4.74 Å². The van der Waals surface area contributed by atoms with Gasteiger partial charge in [0.15, 0.2) is 0 Å². The van der Waals surface area contributed by atoms with Crippen LogP contribution < -0.4 is 10.1 Å². The van der Waals surface area contributed by atoms with Gasteiger partial charge in [0.1, 0.15) is 12.4 Å². The average molecular weight is 294 g/mol. The van der Waals surface area contributed by atoms with Crippen LogP contribution in [-0.4, -0.2) is 22.4 Å². The van der Waals surface area contributed by atoms with E-state index < -0.39 is 0 Å². The maximum atomic E-state index is 5.84. The molecule has 0 spiro atoms. The molecule has 0 atom stereocenters. The first-order valence-electron chi connectivity index (χ1n) is 6.77. The molecular formula is C15H20ClN3O. The zero-order valence-corrected chi connectivity index (χ0v) is 12.6. The Labute approximate surface area is 124 Å². The first-order valence-corrected chi connectivity index (χ1v) is 7.15. The molecule has 1 aromatic carbocycles. The van der Waals surface area contributed by atoms with Crippen molar-refractivity contribution in [3.05, 3.63) is 47.2 Å². The highest BCUT2D eigenvalue weighted by Crippen LogP contribution is 2.18. The Balaban J connectivity index is 1.88. The third-order valence-electron chi connectivity index (χ3n) is 2.85. The molecule has 0 aliphatic rings. The van der Waals surface area contributed by atoms with Gasteiger partial charge in [0.05, 0.1) is 17.8 Å². The molecule has 0 bridgehead atoms. The third kappa shape index (κ3) is 4.54. The fraction of sp³-hybridized carbons (Fsp3) is 0.400. The number of nitrogens with zero attached hydrogens (tertiary/aromatic N) is 2. The largest absolute Gasteiger partial charge is 0.491 e. The normalized spacial score (nSPS) is 11.0. The fourth-order valence-electron chi connectivity index (χ4n) is 1.81. The first-order chi connectivity index (χ1) is 9.65. The number of rotatable bonds is 7. The molecule has 0 aliphatic heterocycles. The molecule has 20 heavy (non-hydrogen) atoms. The van der Waals surface area contributed by atoms with Gasteiger partial charge in [-0.15, -0.1) is 0 Å². The maximum Gasteiger partial charge on any atom is 0.123 e. The third-order valence-corrected chi connectivity index (χ3v) is 3.05. The molecule has 1 aromatic heterocycles. The molecule has 2 aromatic rings. The highest BCUT2D eigenvalue weighted by molar-refractivity contribution is 6.30. The molecule has 0 fully saturated rings. The predicted octanol–water partition coefficient (Wildman–Crippen LogP) is 3.11. The number of aromatic nitrogens is 2. The Morgan fingerprint density at radius 2 is 2.15 bits per heavy atom. The number of para-hydroxylation sites is 1. The summed E-state index contributed by atoms with van der Waals surface area (Å²) in [4.78, 5) is 0. The van der Waals surface area contributed by atoms with E-state index in [0.29, 0.717) is 24.2 Å². The van der Waals surface area contributed by atoms with Crippen LogP contribution in [0.3, 0.4) is 0 Å². The molecule has 108 valence electrons. The Morgan fingerprint density at radius 1 is 1.35 bits per heavy atom. The molecule has 5 heteroatoms. The lowest BCUT2D eigenvalue weighted by Crippen LogP contribution is -2.22. The van der Waals surface area contributed by atoms with Crippen LogP contribution in [0.2, 0.25) is 5.02 Å². The van der Waals surface area contributed by atoms with Crippen LogP contribution in [0.15, 0.2) is 36.7 Å². The van der Waals surface area contributed by atoms with E-state index in [2.05, 4.69) is 30.3 Å². The molecule has 0 unspecified atom stereocenters. The van der Waals surface area contributed by atoms with Crippen LogP contribution in [0.25, 0.3) is 0 Å². The summed E-state index contributed by atoms with van der Waals surface area (Å²) in [6, 6.07) is 8.54. The summed E-state index contributed by atoms with van der Waals surface area (Å²) < 4.78 is 7.61. The Kier molecular flexibility index (Phi) is 5.44. The quantitative estimate of drug-likeness (QED) is 0.852. The van der Waals surface area contributed by atoms with E-state index in [1.807, 2.05) is 18.2 Å². The van der Waals surface area contributed by atoms with Gasteiger partial charge in [-0.1, -0.05) is 43.6 Å². The second-order valence-electron chi connectivity index (χ2n) is 4.91. The SMILES string of the molecule is CC(C)NCc1ccccc1OCCn1cc(Cl)cn1. The van der Waals surface area contributed by atoms with Crippen molar-refractivity contribution in [2.24, 2.45) is 0 Å². The molecule has 1 heterocycles. The van der Waals surface area contributed by atoms with Crippen LogP contribution in [-0.2, 0) is 13.1 Å². The molecule has 2 rings (SSSR count). The average Bonchev–Trinajstić information content (AvgIpc) is 2.83. The van der Waals surface area contributed by atoms with Crippen LogP contribution in [0.5, 0.6) is 5.75 Å². The van der Waals surface area contributed by atoms with Gasteiger partial charge in [-0.25, -0.2) is 0 Å². The minimum absolute atomic E-state index is 0.453. The second-order valence-corrected chi connectivity index (χ2v) is 5.35. The minimum Gasteiger partial charge on any atom is -0.491 e. The number of halogens is 1. The zero-order valence-electron chi connectivity index (χ0n) is 11.8. The van der Waals surface area contributed by atoms with E-state index in [0.717, 1.165) is 12.3 Å². The summed E-state index contributed by atoms with van der Waals surface area (Å²) in [6.07, 6.45) is 3.42. The summed E-state index contributed by atoms with van der Waals surface area (Å²) >= 11 is 5.82. The number of ether oxygens (including phenoxy) is 1. The summed E-state index contributed by atoms with van der Waals surface area (Å²) in [5, 5.41) is 8.16. The number of hydrogen-bond donors (Lipinski definition) is 1. The lowest BCUT2D eigenvalue weighted by Gasteiger charge is -2.13. The van der Waals surface area contributed by atoms with E-state index in [9.17, 15) is 0 Å². The highest BCUT2D eigenvalue weighted by atomic mass is 35.5. The first kappa shape index (κ1) is 14.9. The van der Waals surface area contributed by atoms with Crippen molar-refractivity contribution in [2.45, 2.75) is 33.0 Å². The second kappa shape index (κ2) is 7.31. The number of hydrogen-bond acceptors (Lipinski definition) is 3. The summed E-state index contributed by atoms with van der Waals surface area (Å²) in [7, 11) is 0. The smallest absolute Gasteiger partial charge is 0.123 e. The highest BCUT2D eigenvalue weighted by Gasteiger charge is 2.04. The van der Waals surface area contributed by atoms with E-state index in [-0.39, 0.29) is 0 Å². The lowest BCUT2D eigenvalue weighted by atomic mass is 10.2. The maximum absolute atomic E-state index is 5.84. The monoisotopic (exact) mass is 293 g/mol. The van der Waals surface area contributed by atoms with E-state index in [4.69, 9.17) is 16.3 Å². The lowest BCUT2D eigenvalue weighted by molar-refractivity contribution is 0.287.